The second kappa shape index (κ2) is 10.3. The third-order valence-electron chi connectivity index (χ3n) is 1.45. The van der Waals surface area contributed by atoms with Crippen LogP contribution in [0.4, 0.5) is 0 Å². The molecule has 0 bridgehead atoms. The van der Waals surface area contributed by atoms with Crippen molar-refractivity contribution in [3.05, 3.63) is 12.3 Å². The Labute approximate surface area is 108 Å². The van der Waals surface area contributed by atoms with Crippen LogP contribution in [0, 0.1) is 0 Å². The fourth-order valence-electron chi connectivity index (χ4n) is 0.761. The maximum absolute atomic E-state index is 5.69. The molecule has 0 fully saturated rings. The minimum absolute atomic E-state index is 0.689. The first-order valence-electron chi connectivity index (χ1n) is 5.49. The van der Waals surface area contributed by atoms with E-state index < -0.39 is 5.62 Å². The maximum atomic E-state index is 5.69. The Morgan fingerprint density at radius 3 is 2.75 bits per heavy atom. The molecule has 1 unspecified atom stereocenters. The highest BCUT2D eigenvalue weighted by Crippen LogP contribution is 2.61. The van der Waals surface area contributed by atoms with Crippen LogP contribution in [0.1, 0.15) is 33.6 Å². The predicted octanol–water partition coefficient (Wildman–Crippen LogP) is 3.93. The zero-order chi connectivity index (χ0) is 12.3. The van der Waals surface area contributed by atoms with Gasteiger partial charge in [0.1, 0.15) is 0 Å². The van der Waals surface area contributed by atoms with E-state index in [1.807, 2.05) is 19.2 Å². The van der Waals surface area contributed by atoms with Crippen LogP contribution in [0.25, 0.3) is 0 Å². The molecule has 3 nitrogen and oxygen atoms in total. The summed E-state index contributed by atoms with van der Waals surface area (Å²) >= 11 is 7.14. The van der Waals surface area contributed by atoms with Crippen LogP contribution in [-0.4, -0.2) is 18.7 Å². The minimum atomic E-state index is -2.07. The van der Waals surface area contributed by atoms with Gasteiger partial charge in [0.05, 0.1) is 12.9 Å². The molecule has 0 spiro atoms. The third-order valence-corrected chi connectivity index (χ3v) is 6.95. The molecule has 0 aromatic rings. The normalized spacial score (nSPS) is 15.7. The van der Waals surface area contributed by atoms with Gasteiger partial charge >= 0.3 is 0 Å². The molecule has 1 atom stereocenters. The van der Waals surface area contributed by atoms with E-state index in [1.165, 1.54) is 0 Å². The first-order valence-corrected chi connectivity index (χ1v) is 9.75. The average molecular weight is 280 g/mol. The monoisotopic (exact) mass is 280 g/mol. The van der Waals surface area contributed by atoms with E-state index in [-0.39, 0.29) is 0 Å². The molecule has 0 amide bonds. The van der Waals surface area contributed by atoms with Crippen LogP contribution >= 0.6 is 17.0 Å². The number of hydrogen-bond acceptors (Lipinski definition) is 3. The van der Waals surface area contributed by atoms with Crippen LogP contribution in [0.2, 0.25) is 0 Å². The molecule has 0 radical (unpaired) electrons. The Morgan fingerprint density at radius 2 is 2.19 bits per heavy atom. The highest BCUT2D eigenvalue weighted by atomic mass is 32.9. The van der Waals surface area contributed by atoms with Crippen molar-refractivity contribution in [2.45, 2.75) is 33.6 Å². The summed E-state index contributed by atoms with van der Waals surface area (Å²) in [5.41, 5.74) is -2.07. The molecular weight excluding hydrogens is 259 g/mol. The van der Waals surface area contributed by atoms with Crippen molar-refractivity contribution in [3.8, 4) is 0 Å². The highest BCUT2D eigenvalue weighted by Gasteiger charge is 2.15. The van der Waals surface area contributed by atoms with Crippen molar-refractivity contribution in [2.75, 3.05) is 12.4 Å². The van der Waals surface area contributed by atoms with Crippen molar-refractivity contribution in [1.29, 1.82) is 0 Å². The summed E-state index contributed by atoms with van der Waals surface area (Å²) in [5.74, 6) is 1.00. The molecule has 16 heavy (non-hydrogen) atoms. The van der Waals surface area contributed by atoms with E-state index in [0.29, 0.717) is 6.61 Å². The smallest absolute Gasteiger partial charge is 0.232 e. The molecular formula is C10H21N2OPS2. The van der Waals surface area contributed by atoms with Gasteiger partial charge in [-0.05, 0) is 37.8 Å². The van der Waals surface area contributed by atoms with Gasteiger partial charge in [0.15, 0.2) is 0 Å². The Balaban J connectivity index is 4.27. The second-order valence-corrected chi connectivity index (χ2v) is 9.58. The molecule has 0 heterocycles. The lowest BCUT2D eigenvalue weighted by molar-refractivity contribution is 0.358. The van der Waals surface area contributed by atoms with Crippen molar-refractivity contribution in [1.82, 2.24) is 5.32 Å². The summed E-state index contributed by atoms with van der Waals surface area (Å²) in [7, 11) is 0. The van der Waals surface area contributed by atoms with Crippen molar-refractivity contribution in [3.63, 3.8) is 0 Å². The number of rotatable bonds is 9. The molecule has 0 rings (SSSR count). The van der Waals surface area contributed by atoms with Crippen LogP contribution < -0.4 is 5.32 Å². The first kappa shape index (κ1) is 16.2. The summed E-state index contributed by atoms with van der Waals surface area (Å²) in [4.78, 5) is 0. The van der Waals surface area contributed by atoms with Crippen LogP contribution in [-0.2, 0) is 16.3 Å². The van der Waals surface area contributed by atoms with Crippen LogP contribution in [0.3, 0.4) is 0 Å². The van der Waals surface area contributed by atoms with Crippen LogP contribution in [0.5, 0.6) is 0 Å². The van der Waals surface area contributed by atoms with Crippen molar-refractivity contribution in [2.24, 2.45) is 4.76 Å². The molecule has 0 aromatic heterocycles. The zero-order valence-electron chi connectivity index (χ0n) is 10.2. The lowest BCUT2D eigenvalue weighted by Crippen LogP contribution is -2.00. The first-order chi connectivity index (χ1) is 7.68. The van der Waals surface area contributed by atoms with Gasteiger partial charge in [-0.2, -0.15) is 0 Å². The van der Waals surface area contributed by atoms with Gasteiger partial charge in [0, 0.05) is 5.75 Å². The van der Waals surface area contributed by atoms with Gasteiger partial charge in [0.25, 0.3) is 0 Å². The minimum Gasteiger partial charge on any atom is -0.353 e. The molecule has 94 valence electrons. The quantitative estimate of drug-likeness (QED) is 0.394. The summed E-state index contributed by atoms with van der Waals surface area (Å²) < 4.78 is 10.0. The van der Waals surface area contributed by atoms with Gasteiger partial charge < -0.3 is 9.84 Å². The number of nitrogens with one attached hydrogen (secondary N) is 1. The molecule has 1 N–H and O–H groups in total. The molecule has 0 aliphatic heterocycles. The van der Waals surface area contributed by atoms with E-state index >= 15 is 0 Å². The average Bonchev–Trinajstić information content (AvgIpc) is 2.30. The largest absolute Gasteiger partial charge is 0.353 e. The molecule has 6 heteroatoms. The summed E-state index contributed by atoms with van der Waals surface area (Å²) in [6.07, 6.45) is 7.42. The highest BCUT2D eigenvalue weighted by molar-refractivity contribution is 8.69. The van der Waals surface area contributed by atoms with Crippen LogP contribution in [0.15, 0.2) is 17.0 Å². The molecule has 0 aliphatic carbocycles. The number of allylic oxidation sites excluding steroid dienone is 1. The summed E-state index contributed by atoms with van der Waals surface area (Å²) in [6.45, 7) is 6.84. The topological polar surface area (TPSA) is 33.6 Å². The van der Waals surface area contributed by atoms with E-state index in [1.54, 1.807) is 17.7 Å². The Kier molecular flexibility index (Phi) is 10.4. The summed E-state index contributed by atoms with van der Waals surface area (Å²) in [6, 6.07) is 0. The van der Waals surface area contributed by atoms with Crippen molar-refractivity contribution < 1.29 is 4.52 Å². The SMILES string of the molecule is CC=CNC=NP(=S)(OCCC)SCCC. The molecule has 0 saturated heterocycles. The van der Waals surface area contributed by atoms with Gasteiger partial charge in [-0.25, -0.2) is 4.76 Å². The number of nitrogens with zero attached hydrogens (tertiary/aromatic N) is 1. The van der Waals surface area contributed by atoms with E-state index in [9.17, 15) is 0 Å². The predicted molar refractivity (Wildman–Crippen MR) is 79.7 cm³/mol. The Hall–Kier alpha value is 0.170. The van der Waals surface area contributed by atoms with Gasteiger partial charge in [0.2, 0.25) is 5.62 Å². The Morgan fingerprint density at radius 1 is 1.44 bits per heavy atom. The van der Waals surface area contributed by atoms with Gasteiger partial charge in [-0.1, -0.05) is 31.3 Å². The van der Waals surface area contributed by atoms with Crippen molar-refractivity contribution >= 4 is 35.1 Å². The third kappa shape index (κ3) is 8.34. The van der Waals surface area contributed by atoms with Gasteiger partial charge in [-0.3, -0.25) is 0 Å². The molecule has 0 aliphatic rings. The standard InChI is InChI=1S/C10H21N2OPS2/c1-4-7-11-10-12-14(15,13-8-5-2)16-9-6-3/h4,7,10H,5-6,8-9H2,1-3H3,(H,11,12,15). The summed E-state index contributed by atoms with van der Waals surface area (Å²) in [5, 5.41) is 2.94. The maximum Gasteiger partial charge on any atom is 0.232 e. The van der Waals surface area contributed by atoms with E-state index in [2.05, 4.69) is 23.9 Å². The lowest BCUT2D eigenvalue weighted by atomic mass is 10.5. The lowest BCUT2D eigenvalue weighted by Gasteiger charge is -2.15. The zero-order valence-corrected chi connectivity index (χ0v) is 12.7. The molecule has 0 aromatic carbocycles. The number of hydrogen-bond donors (Lipinski definition) is 1. The van der Waals surface area contributed by atoms with E-state index in [0.717, 1.165) is 18.6 Å². The fraction of sp³-hybridized carbons (Fsp3) is 0.700. The fourth-order valence-corrected chi connectivity index (χ4v) is 5.07. The Bertz CT molecular complexity index is 258. The van der Waals surface area contributed by atoms with Gasteiger partial charge in [-0.15, -0.1) is 0 Å². The van der Waals surface area contributed by atoms with E-state index in [4.69, 9.17) is 16.3 Å². The second-order valence-electron chi connectivity index (χ2n) is 3.05. The molecule has 0 saturated carbocycles.